The molecular formula is C22H25N5O2. The Balaban J connectivity index is 1.25. The molecule has 2 aromatic rings. The number of anilines is 1. The molecule has 1 amide bonds. The predicted molar refractivity (Wildman–Crippen MR) is 110 cm³/mol. The number of aromatic nitrogens is 3. The first-order valence-corrected chi connectivity index (χ1v) is 10.2. The summed E-state index contributed by atoms with van der Waals surface area (Å²) in [5.74, 6) is 1.56. The van der Waals surface area contributed by atoms with E-state index in [-0.39, 0.29) is 5.41 Å². The maximum Gasteiger partial charge on any atom is 0.229 e. The van der Waals surface area contributed by atoms with E-state index < -0.39 is 0 Å². The number of ether oxygens (including phenoxy) is 1. The lowest BCUT2D eigenvalue weighted by atomic mass is 9.77. The summed E-state index contributed by atoms with van der Waals surface area (Å²) in [6.45, 7) is 3.12. The quantitative estimate of drug-likeness (QED) is 0.797. The number of allylic oxidation sites excluding steroid dienone is 1. The average Bonchev–Trinajstić information content (AvgIpc) is 3.31. The second-order valence-corrected chi connectivity index (χ2v) is 8.07. The normalized spacial score (nSPS) is 20.2. The Morgan fingerprint density at radius 3 is 2.76 bits per heavy atom. The summed E-state index contributed by atoms with van der Waals surface area (Å²) < 4.78 is 5.21. The molecule has 7 heteroatoms. The van der Waals surface area contributed by atoms with Crippen LogP contribution in [0.1, 0.15) is 30.5 Å². The van der Waals surface area contributed by atoms with Crippen LogP contribution in [-0.4, -0.2) is 59.0 Å². The molecule has 5 rings (SSSR count). The molecule has 7 nitrogen and oxygen atoms in total. The molecule has 2 saturated heterocycles. The first-order valence-electron chi connectivity index (χ1n) is 10.2. The molecule has 1 aliphatic carbocycles. The van der Waals surface area contributed by atoms with E-state index in [2.05, 4.69) is 32.0 Å². The molecule has 1 spiro atoms. The minimum Gasteiger partial charge on any atom is -0.481 e. The van der Waals surface area contributed by atoms with Gasteiger partial charge in [-0.3, -0.25) is 9.78 Å². The third-order valence-electron chi connectivity index (χ3n) is 6.57. The number of hydrogen-bond acceptors (Lipinski definition) is 6. The molecule has 150 valence electrons. The van der Waals surface area contributed by atoms with Crippen LogP contribution in [0.5, 0.6) is 5.88 Å². The average molecular weight is 391 g/mol. The number of fused-ring (bicyclic) bond motifs is 1. The number of rotatable bonds is 4. The van der Waals surface area contributed by atoms with Gasteiger partial charge in [0.25, 0.3) is 0 Å². The van der Waals surface area contributed by atoms with Crippen LogP contribution in [0.25, 0.3) is 5.57 Å². The van der Waals surface area contributed by atoms with E-state index in [1.807, 2.05) is 17.2 Å². The van der Waals surface area contributed by atoms with Crippen LogP contribution in [-0.2, 0) is 11.2 Å². The Morgan fingerprint density at radius 1 is 1.10 bits per heavy atom. The molecule has 0 saturated carbocycles. The molecule has 0 atom stereocenters. The first-order chi connectivity index (χ1) is 14.2. The van der Waals surface area contributed by atoms with Crippen molar-refractivity contribution in [2.24, 2.45) is 5.41 Å². The summed E-state index contributed by atoms with van der Waals surface area (Å²) in [5.41, 5.74) is 3.33. The van der Waals surface area contributed by atoms with Crippen molar-refractivity contribution >= 4 is 17.4 Å². The zero-order chi connectivity index (χ0) is 19.8. The van der Waals surface area contributed by atoms with Crippen molar-refractivity contribution in [3.63, 3.8) is 0 Å². The van der Waals surface area contributed by atoms with Crippen LogP contribution >= 0.6 is 0 Å². The van der Waals surface area contributed by atoms with E-state index in [1.165, 1.54) is 11.1 Å². The van der Waals surface area contributed by atoms with Gasteiger partial charge in [0.1, 0.15) is 0 Å². The zero-order valence-electron chi connectivity index (χ0n) is 16.7. The highest BCUT2D eigenvalue weighted by molar-refractivity contribution is 5.87. The van der Waals surface area contributed by atoms with Crippen LogP contribution in [0.2, 0.25) is 0 Å². The highest BCUT2D eigenvalue weighted by Gasteiger charge is 2.48. The molecule has 0 unspecified atom stereocenters. The number of amides is 1. The van der Waals surface area contributed by atoms with Gasteiger partial charge in [-0.2, -0.15) is 4.98 Å². The number of hydrogen-bond donors (Lipinski definition) is 0. The van der Waals surface area contributed by atoms with E-state index in [1.54, 1.807) is 19.4 Å². The van der Waals surface area contributed by atoms with Crippen molar-refractivity contribution in [1.29, 1.82) is 0 Å². The van der Waals surface area contributed by atoms with Gasteiger partial charge in [0.05, 0.1) is 18.2 Å². The maximum atomic E-state index is 13.3. The summed E-state index contributed by atoms with van der Waals surface area (Å²) in [6.07, 6.45) is 9.28. The molecule has 0 radical (unpaired) electrons. The molecule has 29 heavy (non-hydrogen) atoms. The van der Waals surface area contributed by atoms with Crippen molar-refractivity contribution in [3.05, 3.63) is 47.9 Å². The first kappa shape index (κ1) is 18.1. The number of carbonyl (C=O) groups excluding carboxylic acids is 1. The summed E-state index contributed by atoms with van der Waals surface area (Å²) in [5, 5.41) is 0. The fourth-order valence-corrected chi connectivity index (χ4v) is 4.82. The summed E-state index contributed by atoms with van der Waals surface area (Å²) >= 11 is 0. The minimum atomic E-state index is -0.230. The third-order valence-corrected chi connectivity index (χ3v) is 6.57. The van der Waals surface area contributed by atoms with Gasteiger partial charge >= 0.3 is 0 Å². The molecular weight excluding hydrogens is 366 g/mol. The van der Waals surface area contributed by atoms with Gasteiger partial charge in [-0.15, -0.1) is 0 Å². The fraction of sp³-hybridized carbons (Fsp3) is 0.455. The van der Waals surface area contributed by atoms with Gasteiger partial charge < -0.3 is 14.5 Å². The van der Waals surface area contributed by atoms with E-state index >= 15 is 0 Å². The maximum absolute atomic E-state index is 13.3. The highest BCUT2D eigenvalue weighted by atomic mass is 16.5. The Kier molecular flexibility index (Phi) is 4.45. The van der Waals surface area contributed by atoms with Crippen molar-refractivity contribution in [3.8, 4) is 5.88 Å². The van der Waals surface area contributed by atoms with E-state index in [0.29, 0.717) is 24.3 Å². The fourth-order valence-electron chi connectivity index (χ4n) is 4.82. The van der Waals surface area contributed by atoms with Gasteiger partial charge in [-0.25, -0.2) is 4.98 Å². The Morgan fingerprint density at radius 2 is 1.93 bits per heavy atom. The van der Waals surface area contributed by atoms with Gasteiger partial charge in [0.15, 0.2) is 0 Å². The number of nitrogens with zero attached hydrogens (tertiary/aromatic N) is 5. The number of pyridine rings is 1. The second kappa shape index (κ2) is 7.13. The van der Waals surface area contributed by atoms with Crippen molar-refractivity contribution < 1.29 is 9.53 Å². The molecule has 3 aliphatic rings. The summed E-state index contributed by atoms with van der Waals surface area (Å²) in [7, 11) is 1.61. The number of methoxy groups -OCH3 is 1. The van der Waals surface area contributed by atoms with Crippen molar-refractivity contribution in [2.75, 3.05) is 38.2 Å². The van der Waals surface area contributed by atoms with E-state index in [4.69, 9.17) is 4.74 Å². The summed E-state index contributed by atoms with van der Waals surface area (Å²) in [4.78, 5) is 30.8. The Hall–Kier alpha value is -2.96. The smallest absolute Gasteiger partial charge is 0.229 e. The standard InChI is InChI=1S/C22H25N5O2/c1-29-19-6-11-24-21(25-19)26-12-7-22(8-13-26)9-14-27(20(22)28)15-16-4-5-18-17(16)3-2-10-23-18/h2-4,6,10-11H,5,7-9,12-15H2,1H3. The Bertz CT molecular complexity index is 965. The molecule has 0 bridgehead atoms. The van der Waals surface area contributed by atoms with Crippen molar-refractivity contribution in [2.45, 2.75) is 25.7 Å². The lowest BCUT2D eigenvalue weighted by molar-refractivity contribution is -0.136. The van der Waals surface area contributed by atoms with Gasteiger partial charge in [0.2, 0.25) is 17.7 Å². The van der Waals surface area contributed by atoms with Crippen LogP contribution in [0, 0.1) is 5.41 Å². The molecule has 0 aromatic carbocycles. The van der Waals surface area contributed by atoms with E-state index in [9.17, 15) is 4.79 Å². The lowest BCUT2D eigenvalue weighted by Crippen LogP contribution is -2.45. The molecule has 2 aromatic heterocycles. The number of likely N-dealkylation sites (tertiary alicyclic amines) is 1. The Labute approximate surface area is 170 Å². The molecule has 2 aliphatic heterocycles. The largest absolute Gasteiger partial charge is 0.481 e. The van der Waals surface area contributed by atoms with Crippen LogP contribution in [0.15, 0.2) is 36.7 Å². The third kappa shape index (κ3) is 3.14. The van der Waals surface area contributed by atoms with Gasteiger partial charge in [-0.1, -0.05) is 12.1 Å². The van der Waals surface area contributed by atoms with Crippen LogP contribution in [0.3, 0.4) is 0 Å². The van der Waals surface area contributed by atoms with E-state index in [0.717, 1.165) is 51.0 Å². The molecule has 2 fully saturated rings. The molecule has 4 heterocycles. The van der Waals surface area contributed by atoms with Crippen LogP contribution < -0.4 is 9.64 Å². The summed E-state index contributed by atoms with van der Waals surface area (Å²) in [6, 6.07) is 5.84. The molecule has 0 N–H and O–H groups in total. The topological polar surface area (TPSA) is 71.5 Å². The highest BCUT2D eigenvalue weighted by Crippen LogP contribution is 2.43. The minimum absolute atomic E-state index is 0.230. The predicted octanol–water partition coefficient (Wildman–Crippen LogP) is 2.34. The van der Waals surface area contributed by atoms with Crippen molar-refractivity contribution in [1.82, 2.24) is 19.9 Å². The number of carbonyl (C=O) groups is 1. The monoisotopic (exact) mass is 391 g/mol. The van der Waals surface area contributed by atoms with Crippen LogP contribution in [0.4, 0.5) is 5.95 Å². The van der Waals surface area contributed by atoms with Gasteiger partial charge in [0, 0.05) is 56.6 Å². The second-order valence-electron chi connectivity index (χ2n) is 8.07. The number of piperidine rings is 1. The zero-order valence-corrected chi connectivity index (χ0v) is 16.7. The SMILES string of the molecule is COc1ccnc(N2CCC3(CCN(CC4=CCc5ncccc54)C3=O)CC2)n1. The van der Waals surface area contributed by atoms with Gasteiger partial charge in [-0.05, 0) is 30.9 Å². The lowest BCUT2D eigenvalue weighted by Gasteiger charge is -2.38.